The van der Waals surface area contributed by atoms with Crippen molar-refractivity contribution in [2.75, 3.05) is 23.8 Å². The number of hydrogen-bond donors (Lipinski definition) is 1. The van der Waals surface area contributed by atoms with E-state index in [1.54, 1.807) is 11.8 Å². The minimum atomic E-state index is -2.77. The summed E-state index contributed by atoms with van der Waals surface area (Å²) >= 11 is 1.77. The Bertz CT molecular complexity index is 427. The van der Waals surface area contributed by atoms with E-state index in [9.17, 15) is 8.42 Å². The molecule has 4 nitrogen and oxygen atoms in total. The van der Waals surface area contributed by atoms with Gasteiger partial charge < -0.3 is 5.32 Å². The van der Waals surface area contributed by atoms with Crippen LogP contribution in [0.1, 0.15) is 33.1 Å². The smallest absolute Gasteiger partial charge is 0.157 e. The molecule has 2 heterocycles. The number of thioether (sulfide) groups is 1. The number of rotatable bonds is 4. The average Bonchev–Trinajstić information content (AvgIpc) is 2.91. The molecule has 6 heteroatoms. The maximum Gasteiger partial charge on any atom is 0.157 e. The highest BCUT2D eigenvalue weighted by Gasteiger charge is 2.34. The van der Waals surface area contributed by atoms with Gasteiger partial charge >= 0.3 is 0 Å². The van der Waals surface area contributed by atoms with Crippen LogP contribution in [0.25, 0.3) is 0 Å². The lowest BCUT2D eigenvalue weighted by molar-refractivity contribution is 0.407. The molecule has 0 aromatic carbocycles. The SMILES string of the molecule is CCC1(CC)CSC(=NCC2CCS(=O)(=O)C2)N1. The second kappa shape index (κ2) is 5.41. The molecule has 2 fully saturated rings. The van der Waals surface area contributed by atoms with Crippen LogP contribution in [0.15, 0.2) is 4.99 Å². The zero-order valence-corrected chi connectivity index (χ0v) is 12.7. The highest BCUT2D eigenvalue weighted by molar-refractivity contribution is 8.14. The van der Waals surface area contributed by atoms with Gasteiger partial charge in [-0.25, -0.2) is 8.42 Å². The second-order valence-electron chi connectivity index (χ2n) is 5.32. The molecule has 0 aromatic heterocycles. The van der Waals surface area contributed by atoms with E-state index in [0.717, 1.165) is 30.2 Å². The van der Waals surface area contributed by atoms with Crippen molar-refractivity contribution in [2.24, 2.45) is 10.9 Å². The zero-order valence-electron chi connectivity index (χ0n) is 11.1. The highest BCUT2D eigenvalue weighted by atomic mass is 32.2. The van der Waals surface area contributed by atoms with Gasteiger partial charge in [-0.15, -0.1) is 0 Å². The van der Waals surface area contributed by atoms with E-state index >= 15 is 0 Å². The van der Waals surface area contributed by atoms with Crippen LogP contribution in [-0.2, 0) is 9.84 Å². The van der Waals surface area contributed by atoms with E-state index in [-0.39, 0.29) is 11.5 Å². The minimum absolute atomic E-state index is 0.200. The van der Waals surface area contributed by atoms with Crippen LogP contribution in [-0.4, -0.2) is 42.9 Å². The van der Waals surface area contributed by atoms with Crippen LogP contribution in [0.2, 0.25) is 0 Å². The Labute approximate surface area is 114 Å². The molecule has 0 aromatic rings. The molecule has 0 bridgehead atoms. The fraction of sp³-hybridized carbons (Fsp3) is 0.917. The summed E-state index contributed by atoms with van der Waals surface area (Å²) in [4.78, 5) is 4.57. The van der Waals surface area contributed by atoms with Gasteiger partial charge in [0.1, 0.15) is 0 Å². The molecule has 18 heavy (non-hydrogen) atoms. The molecule has 0 spiro atoms. The van der Waals surface area contributed by atoms with Gasteiger partial charge in [-0.05, 0) is 25.2 Å². The Morgan fingerprint density at radius 1 is 1.44 bits per heavy atom. The number of aliphatic imine (C=N–C) groups is 1. The maximum absolute atomic E-state index is 11.4. The largest absolute Gasteiger partial charge is 0.359 e. The van der Waals surface area contributed by atoms with Gasteiger partial charge in [-0.2, -0.15) is 0 Å². The fourth-order valence-electron chi connectivity index (χ4n) is 2.45. The third-order valence-corrected chi connectivity index (χ3v) is 7.07. The highest BCUT2D eigenvalue weighted by Crippen LogP contribution is 2.29. The standard InChI is InChI=1S/C12H22N2O2S2/c1-3-12(4-2)9-17-11(14-12)13-7-10-5-6-18(15,16)8-10/h10H,3-9H2,1-2H3,(H,13,14). The predicted molar refractivity (Wildman–Crippen MR) is 78.0 cm³/mol. The molecule has 1 atom stereocenters. The first kappa shape index (κ1) is 14.2. The molecule has 1 unspecified atom stereocenters. The average molecular weight is 290 g/mol. The Morgan fingerprint density at radius 2 is 2.17 bits per heavy atom. The summed E-state index contributed by atoms with van der Waals surface area (Å²) in [5.41, 5.74) is 0.200. The molecule has 2 aliphatic rings. The van der Waals surface area contributed by atoms with Gasteiger partial charge in [0.15, 0.2) is 15.0 Å². The second-order valence-corrected chi connectivity index (χ2v) is 8.51. The van der Waals surface area contributed by atoms with Gasteiger partial charge in [0, 0.05) is 17.8 Å². The molecule has 2 saturated heterocycles. The summed E-state index contributed by atoms with van der Waals surface area (Å²) in [6.07, 6.45) is 2.98. The van der Waals surface area contributed by atoms with Crippen molar-refractivity contribution in [1.82, 2.24) is 5.32 Å². The lowest BCUT2D eigenvalue weighted by atomic mass is 9.96. The Balaban J connectivity index is 1.89. The van der Waals surface area contributed by atoms with Crippen LogP contribution in [0.5, 0.6) is 0 Å². The quantitative estimate of drug-likeness (QED) is 0.855. The molecule has 2 aliphatic heterocycles. The van der Waals surface area contributed by atoms with Crippen molar-refractivity contribution in [2.45, 2.75) is 38.6 Å². The van der Waals surface area contributed by atoms with Crippen LogP contribution in [0.4, 0.5) is 0 Å². The van der Waals surface area contributed by atoms with Gasteiger partial charge in [-0.3, -0.25) is 4.99 Å². The van der Waals surface area contributed by atoms with Crippen molar-refractivity contribution < 1.29 is 8.42 Å². The third kappa shape index (κ3) is 3.20. The number of hydrogen-bond acceptors (Lipinski definition) is 4. The summed E-state index contributed by atoms with van der Waals surface area (Å²) in [6.45, 7) is 5.05. The Kier molecular flexibility index (Phi) is 4.26. The van der Waals surface area contributed by atoms with Crippen LogP contribution >= 0.6 is 11.8 Å². The first-order valence-electron chi connectivity index (χ1n) is 6.64. The molecule has 0 aliphatic carbocycles. The minimum Gasteiger partial charge on any atom is -0.359 e. The summed E-state index contributed by atoms with van der Waals surface area (Å²) in [7, 11) is -2.77. The predicted octanol–water partition coefficient (Wildman–Crippen LogP) is 1.67. The van der Waals surface area contributed by atoms with Gasteiger partial charge in [0.05, 0.1) is 11.5 Å². The van der Waals surface area contributed by atoms with E-state index in [4.69, 9.17) is 0 Å². The first-order chi connectivity index (χ1) is 8.49. The molecule has 2 rings (SSSR count). The van der Waals surface area contributed by atoms with E-state index in [2.05, 4.69) is 24.2 Å². The molecule has 0 saturated carbocycles. The van der Waals surface area contributed by atoms with E-state index < -0.39 is 9.84 Å². The summed E-state index contributed by atoms with van der Waals surface area (Å²) < 4.78 is 22.7. The number of amidine groups is 1. The van der Waals surface area contributed by atoms with Gasteiger partial charge in [-0.1, -0.05) is 25.6 Å². The lowest BCUT2D eigenvalue weighted by Crippen LogP contribution is -2.42. The van der Waals surface area contributed by atoms with E-state index in [0.29, 0.717) is 18.1 Å². The summed E-state index contributed by atoms with van der Waals surface area (Å²) in [5.74, 6) is 1.96. The van der Waals surface area contributed by atoms with Crippen LogP contribution in [0.3, 0.4) is 0 Å². The summed E-state index contributed by atoms with van der Waals surface area (Å²) in [5, 5.41) is 4.51. The lowest BCUT2D eigenvalue weighted by Gasteiger charge is -2.25. The molecular weight excluding hydrogens is 268 g/mol. The molecular formula is C12H22N2O2S2. The molecule has 104 valence electrons. The fourth-order valence-corrected chi connectivity index (χ4v) is 5.65. The number of nitrogens with one attached hydrogen (secondary N) is 1. The molecule has 0 radical (unpaired) electrons. The van der Waals surface area contributed by atoms with Crippen LogP contribution < -0.4 is 5.32 Å². The molecule has 1 N–H and O–H groups in total. The zero-order chi connectivity index (χ0) is 13.2. The van der Waals surface area contributed by atoms with Crippen molar-refractivity contribution in [1.29, 1.82) is 0 Å². The van der Waals surface area contributed by atoms with Crippen molar-refractivity contribution in [3.63, 3.8) is 0 Å². The monoisotopic (exact) mass is 290 g/mol. The van der Waals surface area contributed by atoms with E-state index in [1.165, 1.54) is 0 Å². The van der Waals surface area contributed by atoms with Crippen molar-refractivity contribution in [3.8, 4) is 0 Å². The first-order valence-corrected chi connectivity index (χ1v) is 9.45. The van der Waals surface area contributed by atoms with Crippen molar-refractivity contribution in [3.05, 3.63) is 0 Å². The van der Waals surface area contributed by atoms with E-state index in [1.807, 2.05) is 0 Å². The normalized spacial score (nSPS) is 31.7. The third-order valence-electron chi connectivity index (χ3n) is 4.03. The van der Waals surface area contributed by atoms with Crippen LogP contribution in [0, 0.1) is 5.92 Å². The van der Waals surface area contributed by atoms with Gasteiger partial charge in [0.25, 0.3) is 0 Å². The molecule has 0 amide bonds. The number of sulfone groups is 1. The topological polar surface area (TPSA) is 58.5 Å². The van der Waals surface area contributed by atoms with Crippen molar-refractivity contribution >= 4 is 26.8 Å². The van der Waals surface area contributed by atoms with Gasteiger partial charge in [0.2, 0.25) is 0 Å². The maximum atomic E-state index is 11.4. The summed E-state index contributed by atoms with van der Waals surface area (Å²) in [6, 6.07) is 0. The Hall–Kier alpha value is -0.230. The Morgan fingerprint density at radius 3 is 2.67 bits per heavy atom. The number of nitrogens with zero attached hydrogens (tertiary/aromatic N) is 1.